The molecule has 0 aliphatic rings. The number of hydrogen-bond acceptors (Lipinski definition) is 4. The molecule has 1 rings (SSSR count). The maximum absolute atomic E-state index is 13.3. The quantitative estimate of drug-likeness (QED) is 0.827. The van der Waals surface area contributed by atoms with Crippen LogP contribution in [0.5, 0.6) is 5.75 Å². The van der Waals surface area contributed by atoms with Gasteiger partial charge in [0.15, 0.2) is 9.84 Å². The van der Waals surface area contributed by atoms with E-state index in [1.807, 2.05) is 0 Å². The average Bonchev–Trinajstić information content (AvgIpc) is 2.28. The third-order valence-electron chi connectivity index (χ3n) is 2.35. The molecular formula is C12H15FO5S. The highest BCUT2D eigenvalue weighted by molar-refractivity contribution is 7.91. The first kappa shape index (κ1) is 15.4. The Morgan fingerprint density at radius 3 is 2.58 bits per heavy atom. The summed E-state index contributed by atoms with van der Waals surface area (Å²) in [6.45, 7) is 1.67. The lowest BCUT2D eigenvalue weighted by atomic mass is 10.2. The third-order valence-corrected chi connectivity index (χ3v) is 4.17. The van der Waals surface area contributed by atoms with E-state index in [4.69, 9.17) is 9.84 Å². The standard InChI is InChI=1S/C12H15FO5S/c1-2-6-19(16,17)7-5-18-9-3-4-10(12(14)15)11(13)8-9/h3-4,8H,2,5-7H2,1H3,(H,14,15). The van der Waals surface area contributed by atoms with Crippen LogP contribution < -0.4 is 4.74 Å². The number of benzene rings is 1. The minimum atomic E-state index is -3.15. The van der Waals surface area contributed by atoms with E-state index >= 15 is 0 Å². The smallest absolute Gasteiger partial charge is 0.338 e. The van der Waals surface area contributed by atoms with Crippen molar-refractivity contribution in [3.63, 3.8) is 0 Å². The molecule has 1 aromatic carbocycles. The highest BCUT2D eigenvalue weighted by Crippen LogP contribution is 2.16. The SMILES string of the molecule is CCCS(=O)(=O)CCOc1ccc(C(=O)O)c(F)c1. The van der Waals surface area contributed by atoms with Gasteiger partial charge in [0, 0.05) is 6.07 Å². The molecule has 7 heteroatoms. The molecule has 106 valence electrons. The van der Waals surface area contributed by atoms with Gasteiger partial charge in [-0.2, -0.15) is 0 Å². The number of hydrogen-bond donors (Lipinski definition) is 1. The van der Waals surface area contributed by atoms with Crippen molar-refractivity contribution in [1.82, 2.24) is 0 Å². The zero-order chi connectivity index (χ0) is 14.5. The van der Waals surface area contributed by atoms with Crippen LogP contribution in [0.3, 0.4) is 0 Å². The molecule has 5 nitrogen and oxygen atoms in total. The molecule has 0 radical (unpaired) electrons. The second-order valence-corrected chi connectivity index (χ2v) is 6.25. The van der Waals surface area contributed by atoms with Crippen molar-refractivity contribution in [3.05, 3.63) is 29.6 Å². The summed E-state index contributed by atoms with van der Waals surface area (Å²) in [5.41, 5.74) is -0.453. The van der Waals surface area contributed by atoms with Crippen LogP contribution in [-0.2, 0) is 9.84 Å². The Kier molecular flexibility index (Phi) is 5.29. The van der Waals surface area contributed by atoms with Crippen LogP contribution in [0.25, 0.3) is 0 Å². The lowest BCUT2D eigenvalue weighted by molar-refractivity contribution is 0.0692. The van der Waals surface area contributed by atoms with Gasteiger partial charge in [0.05, 0.1) is 17.1 Å². The van der Waals surface area contributed by atoms with Gasteiger partial charge in [-0.15, -0.1) is 0 Å². The average molecular weight is 290 g/mol. The number of rotatable bonds is 7. The topological polar surface area (TPSA) is 80.7 Å². The molecule has 0 bridgehead atoms. The van der Waals surface area contributed by atoms with Gasteiger partial charge < -0.3 is 9.84 Å². The fourth-order valence-corrected chi connectivity index (χ4v) is 2.62. The number of ether oxygens (including phenoxy) is 1. The van der Waals surface area contributed by atoms with Gasteiger partial charge in [0.2, 0.25) is 0 Å². The normalized spacial score (nSPS) is 11.3. The number of sulfone groups is 1. The summed E-state index contributed by atoms with van der Waals surface area (Å²) < 4.78 is 41.2. The van der Waals surface area contributed by atoms with Crippen LogP contribution in [0.2, 0.25) is 0 Å². The van der Waals surface area contributed by atoms with E-state index in [0.29, 0.717) is 6.42 Å². The van der Waals surface area contributed by atoms with Crippen molar-refractivity contribution in [2.45, 2.75) is 13.3 Å². The first-order chi connectivity index (χ1) is 8.85. The number of aromatic carboxylic acids is 1. The van der Waals surface area contributed by atoms with Crippen molar-refractivity contribution in [2.24, 2.45) is 0 Å². The lowest BCUT2D eigenvalue weighted by Crippen LogP contribution is -2.16. The summed E-state index contributed by atoms with van der Waals surface area (Å²) in [4.78, 5) is 10.6. The van der Waals surface area contributed by atoms with Crippen LogP contribution in [0.1, 0.15) is 23.7 Å². The van der Waals surface area contributed by atoms with Gasteiger partial charge in [-0.3, -0.25) is 0 Å². The van der Waals surface area contributed by atoms with E-state index in [0.717, 1.165) is 12.1 Å². The number of carboxylic acid groups (broad SMARTS) is 1. The fraction of sp³-hybridized carbons (Fsp3) is 0.417. The molecular weight excluding hydrogens is 275 g/mol. The van der Waals surface area contributed by atoms with Crippen molar-refractivity contribution in [3.8, 4) is 5.75 Å². The van der Waals surface area contributed by atoms with Crippen molar-refractivity contribution < 1.29 is 27.4 Å². The van der Waals surface area contributed by atoms with E-state index in [2.05, 4.69) is 0 Å². The zero-order valence-electron chi connectivity index (χ0n) is 10.4. The van der Waals surface area contributed by atoms with Crippen LogP contribution in [0, 0.1) is 5.82 Å². The van der Waals surface area contributed by atoms with Crippen LogP contribution >= 0.6 is 0 Å². The Balaban J connectivity index is 2.60. The van der Waals surface area contributed by atoms with E-state index in [9.17, 15) is 17.6 Å². The van der Waals surface area contributed by atoms with Gasteiger partial charge in [0.25, 0.3) is 0 Å². The van der Waals surface area contributed by atoms with E-state index in [-0.39, 0.29) is 23.9 Å². The Morgan fingerprint density at radius 1 is 1.37 bits per heavy atom. The molecule has 1 aromatic rings. The molecule has 0 aliphatic carbocycles. The minimum Gasteiger partial charge on any atom is -0.492 e. The fourth-order valence-electron chi connectivity index (χ4n) is 1.46. The van der Waals surface area contributed by atoms with Gasteiger partial charge in [-0.1, -0.05) is 6.92 Å². The monoisotopic (exact) mass is 290 g/mol. The Bertz CT molecular complexity index is 553. The molecule has 0 saturated heterocycles. The van der Waals surface area contributed by atoms with E-state index in [1.165, 1.54) is 6.07 Å². The molecule has 0 spiro atoms. The first-order valence-electron chi connectivity index (χ1n) is 5.72. The molecule has 0 atom stereocenters. The van der Waals surface area contributed by atoms with E-state index < -0.39 is 27.2 Å². The van der Waals surface area contributed by atoms with Crippen molar-refractivity contribution >= 4 is 15.8 Å². The van der Waals surface area contributed by atoms with Crippen molar-refractivity contribution in [1.29, 1.82) is 0 Å². The van der Waals surface area contributed by atoms with Gasteiger partial charge in [-0.05, 0) is 18.6 Å². The number of carboxylic acids is 1. The van der Waals surface area contributed by atoms with Crippen molar-refractivity contribution in [2.75, 3.05) is 18.1 Å². The number of halogens is 1. The molecule has 0 heterocycles. The summed E-state index contributed by atoms with van der Waals surface area (Å²) in [6.07, 6.45) is 0.532. The molecule has 0 fully saturated rings. The second kappa shape index (κ2) is 6.51. The summed E-state index contributed by atoms with van der Waals surface area (Å²) in [5.74, 6) is -2.24. The Hall–Kier alpha value is -1.63. The summed E-state index contributed by atoms with van der Waals surface area (Å²) in [7, 11) is -3.15. The predicted octanol–water partition coefficient (Wildman–Crippen LogP) is 1.73. The largest absolute Gasteiger partial charge is 0.492 e. The van der Waals surface area contributed by atoms with E-state index in [1.54, 1.807) is 6.92 Å². The maximum Gasteiger partial charge on any atom is 0.338 e. The molecule has 0 amide bonds. The van der Waals surface area contributed by atoms with Gasteiger partial charge in [0.1, 0.15) is 18.2 Å². The maximum atomic E-state index is 13.3. The predicted molar refractivity (Wildman–Crippen MR) is 67.8 cm³/mol. The summed E-state index contributed by atoms with van der Waals surface area (Å²) in [5, 5.41) is 8.64. The second-order valence-electron chi connectivity index (χ2n) is 3.95. The van der Waals surface area contributed by atoms with Gasteiger partial charge in [-0.25, -0.2) is 17.6 Å². The van der Waals surface area contributed by atoms with Crippen LogP contribution in [0.15, 0.2) is 18.2 Å². The summed E-state index contributed by atoms with van der Waals surface area (Å²) >= 11 is 0. The minimum absolute atomic E-state index is 0.0860. The third kappa shape index (κ3) is 4.86. The molecule has 0 saturated carbocycles. The molecule has 0 unspecified atom stereocenters. The van der Waals surface area contributed by atoms with Crippen LogP contribution in [0.4, 0.5) is 4.39 Å². The highest BCUT2D eigenvalue weighted by Gasteiger charge is 2.12. The molecule has 0 aromatic heterocycles. The molecule has 1 N–H and O–H groups in total. The first-order valence-corrected chi connectivity index (χ1v) is 7.54. The van der Waals surface area contributed by atoms with Gasteiger partial charge >= 0.3 is 5.97 Å². The highest BCUT2D eigenvalue weighted by atomic mass is 32.2. The molecule has 19 heavy (non-hydrogen) atoms. The van der Waals surface area contributed by atoms with Crippen LogP contribution in [-0.4, -0.2) is 37.6 Å². The zero-order valence-corrected chi connectivity index (χ0v) is 11.2. The Morgan fingerprint density at radius 2 is 2.05 bits per heavy atom. The lowest BCUT2D eigenvalue weighted by Gasteiger charge is -2.07. The number of carbonyl (C=O) groups is 1. The molecule has 0 aliphatic heterocycles. The summed E-state index contributed by atoms with van der Waals surface area (Å²) in [6, 6.07) is 3.29. The Labute approximate surface area is 110 Å².